The molecule has 31 heavy (non-hydrogen) atoms. The van der Waals surface area contributed by atoms with Crippen molar-refractivity contribution in [3.63, 3.8) is 0 Å². The number of benzene rings is 2. The van der Waals surface area contributed by atoms with Crippen LogP contribution in [0.15, 0.2) is 53.4 Å². The zero-order valence-electron chi connectivity index (χ0n) is 16.0. The van der Waals surface area contributed by atoms with Gasteiger partial charge in [0.25, 0.3) is 9.84 Å². The van der Waals surface area contributed by atoms with E-state index in [0.29, 0.717) is 11.5 Å². The Morgan fingerprint density at radius 3 is 1.77 bits per heavy atom. The molecule has 3 rings (SSSR count). The Labute approximate surface area is 207 Å². The zero-order valence-corrected chi connectivity index (χ0v) is 20.6. The molecule has 1 saturated heterocycles. The quantitative estimate of drug-likeness (QED) is 0.282. The largest absolute Gasteiger partial charge is 0.800 e. The van der Waals surface area contributed by atoms with Gasteiger partial charge in [0.15, 0.2) is 0 Å². The summed E-state index contributed by atoms with van der Waals surface area (Å²) in [6.45, 7) is 1.79. The molecule has 0 unspecified atom stereocenters. The van der Waals surface area contributed by atoms with Crippen molar-refractivity contribution in [3.05, 3.63) is 65.2 Å². The van der Waals surface area contributed by atoms with Crippen LogP contribution in [0, 0.1) is 11.8 Å². The van der Waals surface area contributed by atoms with Gasteiger partial charge in [-0.25, -0.2) is 13.1 Å². The molecule has 10 heteroatoms. The first-order chi connectivity index (χ1) is 14.1. The fourth-order valence-electron chi connectivity index (χ4n) is 3.28. The predicted octanol–water partition coefficient (Wildman–Crippen LogP) is 3.93. The third-order valence-corrected chi connectivity index (χ3v) is 7.13. The Morgan fingerprint density at radius 2 is 1.35 bits per heavy atom. The first-order valence-corrected chi connectivity index (χ1v) is 11.6. The van der Waals surface area contributed by atoms with Crippen LogP contribution in [0.5, 0.6) is 0 Å². The van der Waals surface area contributed by atoms with Crippen molar-refractivity contribution in [2.45, 2.75) is 33.9 Å². The summed E-state index contributed by atoms with van der Waals surface area (Å²) in [4.78, 5) is 1.32. The van der Waals surface area contributed by atoms with Crippen molar-refractivity contribution < 1.29 is 44.0 Å². The summed E-state index contributed by atoms with van der Waals surface area (Å²) in [6, 6.07) is 12.2. The van der Waals surface area contributed by atoms with Crippen LogP contribution in [0.3, 0.4) is 0 Å². The molecule has 3 nitrogen and oxygen atoms in total. The summed E-state index contributed by atoms with van der Waals surface area (Å²) in [7, 11) is -5.35. The van der Waals surface area contributed by atoms with Crippen LogP contribution in [0.4, 0.5) is 13.2 Å². The molecule has 0 atom stereocenters. The number of hydrogen-bond donors (Lipinski definition) is 0. The predicted molar refractivity (Wildman–Crippen MR) is 114 cm³/mol. The fourth-order valence-corrected chi connectivity index (χ4v) is 4.46. The van der Waals surface area contributed by atoms with Crippen molar-refractivity contribution in [2.75, 3.05) is 13.1 Å². The van der Waals surface area contributed by atoms with Gasteiger partial charge < -0.3 is 30.2 Å². The summed E-state index contributed by atoms with van der Waals surface area (Å²) in [5, 5.41) is 0. The van der Waals surface area contributed by atoms with Crippen LogP contribution in [0.25, 0.3) is 0 Å². The van der Waals surface area contributed by atoms with E-state index in [1.807, 2.05) is 24.3 Å². The fraction of sp³-hybridized carbons (Fsp3) is 0.333. The Bertz CT molecular complexity index is 1040. The second-order valence-electron chi connectivity index (χ2n) is 6.96. The van der Waals surface area contributed by atoms with Gasteiger partial charge in [-0.05, 0) is 73.8 Å². The van der Waals surface area contributed by atoms with Gasteiger partial charge in [0.05, 0.1) is 4.90 Å². The van der Waals surface area contributed by atoms with Crippen molar-refractivity contribution in [1.29, 1.82) is 0 Å². The van der Waals surface area contributed by atoms with Crippen LogP contribution < -0.4 is 0 Å². The smallest absolute Gasteiger partial charge is 0.501 e. The molecule has 171 valence electrons. The normalized spacial score (nSPS) is 15.8. The third kappa shape index (κ3) is 6.57. The Morgan fingerprint density at radius 1 is 0.903 bits per heavy atom. The molecule has 0 N–H and O–H groups in total. The van der Waals surface area contributed by atoms with Crippen molar-refractivity contribution in [2.24, 2.45) is 0 Å². The molecule has 1 fully saturated rings. The van der Waals surface area contributed by atoms with E-state index in [4.69, 9.17) is 25.3 Å². The Hall–Kier alpha value is -0.860. The van der Waals surface area contributed by atoms with E-state index in [0.717, 1.165) is 43.6 Å². The molecular formula is C21H18AuF3NO2S3-2. The standard InChI is InChI=1S/C21H20F3NO2S3.Au/c22-21(23,24)30(26,27)19-9-5-16(6-10-19)2-1-15-3-7-17(8-4-15)18-11-13-25(14-12-18)20(28)29;/h3-10,18,20,28-29H,11-14H2;/p-2. The molecule has 1 aliphatic heterocycles. The van der Waals surface area contributed by atoms with Gasteiger partial charge in [0, 0.05) is 33.5 Å². The van der Waals surface area contributed by atoms with Crippen molar-refractivity contribution in [3.8, 4) is 11.8 Å². The Balaban J connectivity index is 0.00000341. The van der Waals surface area contributed by atoms with Crippen LogP contribution in [0.2, 0.25) is 0 Å². The molecule has 0 spiro atoms. The zero-order chi connectivity index (χ0) is 21.9. The van der Waals surface area contributed by atoms with Gasteiger partial charge in [-0.1, -0.05) is 24.0 Å². The van der Waals surface area contributed by atoms with Crippen molar-refractivity contribution in [1.82, 2.24) is 4.90 Å². The molecule has 0 aliphatic carbocycles. The van der Waals surface area contributed by atoms with Crippen LogP contribution >= 0.6 is 0 Å². The molecule has 0 amide bonds. The molecule has 1 heterocycles. The number of hydrogen-bond acceptors (Lipinski definition) is 5. The molecule has 2 aromatic rings. The first kappa shape index (κ1) is 26.4. The average molecular weight is 667 g/mol. The van der Waals surface area contributed by atoms with Crippen molar-refractivity contribution >= 4 is 35.1 Å². The molecular weight excluding hydrogens is 648 g/mol. The molecule has 0 saturated carbocycles. The minimum atomic E-state index is -5.35. The summed E-state index contributed by atoms with van der Waals surface area (Å²) in [5.74, 6) is 6.24. The maximum Gasteiger partial charge on any atom is 0.501 e. The van der Waals surface area contributed by atoms with E-state index < -0.39 is 20.2 Å². The van der Waals surface area contributed by atoms with Crippen LogP contribution in [0.1, 0.15) is 35.4 Å². The third-order valence-electron chi connectivity index (χ3n) is 5.03. The number of piperidine rings is 1. The van der Waals surface area contributed by atoms with Gasteiger partial charge in [-0.3, -0.25) is 0 Å². The summed E-state index contributed by atoms with van der Waals surface area (Å²) in [6.07, 6.45) is 2.00. The summed E-state index contributed by atoms with van der Waals surface area (Å²) < 4.78 is 60.3. The SMILES string of the molecule is O=S(=O)(c1ccc(C#Cc2ccc(C3CCN(C([S-])[S-])CC3)cc2)cc1)C(F)(F)F.[Au]. The van der Waals surface area contributed by atoms with Gasteiger partial charge in [-0.15, -0.1) is 0 Å². The van der Waals surface area contributed by atoms with E-state index in [9.17, 15) is 21.6 Å². The summed E-state index contributed by atoms with van der Waals surface area (Å²) in [5.41, 5.74) is -2.90. The van der Waals surface area contributed by atoms with E-state index in [1.54, 1.807) is 0 Å². The van der Waals surface area contributed by atoms with Gasteiger partial charge in [0.1, 0.15) is 0 Å². The van der Waals surface area contributed by atoms with Crippen LogP contribution in [-0.4, -0.2) is 36.6 Å². The van der Waals surface area contributed by atoms with E-state index >= 15 is 0 Å². The summed E-state index contributed by atoms with van der Waals surface area (Å²) >= 11 is 10.3. The topological polar surface area (TPSA) is 37.4 Å². The van der Waals surface area contributed by atoms with Crippen LogP contribution in [-0.2, 0) is 57.5 Å². The van der Waals surface area contributed by atoms with Gasteiger partial charge >= 0.3 is 5.51 Å². The first-order valence-electron chi connectivity index (χ1n) is 9.17. The maximum absolute atomic E-state index is 12.6. The molecule has 1 radical (unpaired) electrons. The molecule has 0 bridgehead atoms. The number of rotatable bonds is 3. The number of alkyl halides is 3. The van der Waals surface area contributed by atoms with E-state index in [1.165, 1.54) is 17.7 Å². The minimum absolute atomic E-state index is 0. The minimum Gasteiger partial charge on any atom is -0.800 e. The van der Waals surface area contributed by atoms with Gasteiger partial charge in [-0.2, -0.15) is 13.2 Å². The second-order valence-corrected chi connectivity index (χ2v) is 10.1. The monoisotopic (exact) mass is 666 g/mol. The molecule has 2 aromatic carbocycles. The van der Waals surface area contributed by atoms with Gasteiger partial charge in [0.2, 0.25) is 0 Å². The second kappa shape index (κ2) is 10.8. The van der Waals surface area contributed by atoms with E-state index in [-0.39, 0.29) is 27.1 Å². The molecule has 0 aromatic heterocycles. The number of sulfone groups is 1. The average Bonchev–Trinajstić information content (AvgIpc) is 2.72. The number of halogens is 3. The number of nitrogens with zero attached hydrogens (tertiary/aromatic N) is 1. The Kier molecular flexibility index (Phi) is 9.23. The maximum atomic E-state index is 12.6. The van der Waals surface area contributed by atoms with E-state index in [2.05, 4.69) is 16.7 Å². The molecule has 1 aliphatic rings. The number of likely N-dealkylation sites (tertiary alicyclic amines) is 1.